The number of anilines is 3. The summed E-state index contributed by atoms with van der Waals surface area (Å²) in [5.41, 5.74) is 7.53. The van der Waals surface area contributed by atoms with Gasteiger partial charge in [-0.2, -0.15) is 0 Å². The van der Waals surface area contributed by atoms with Gasteiger partial charge in [-0.25, -0.2) is 9.97 Å². The van der Waals surface area contributed by atoms with Crippen molar-refractivity contribution >= 4 is 28.0 Å². The van der Waals surface area contributed by atoms with Gasteiger partial charge in [-0.3, -0.25) is 0 Å². The van der Waals surface area contributed by atoms with Gasteiger partial charge in [0.2, 0.25) is 5.88 Å². The van der Waals surface area contributed by atoms with Crippen LogP contribution in [0.3, 0.4) is 0 Å². The maximum atomic E-state index is 6.11. The topological polar surface area (TPSA) is 119 Å². The number of nitrogens with two attached hydrogens (primary N) is 1. The van der Waals surface area contributed by atoms with Gasteiger partial charge < -0.3 is 39.5 Å². The fourth-order valence-electron chi connectivity index (χ4n) is 3.64. The summed E-state index contributed by atoms with van der Waals surface area (Å²) < 4.78 is 33.2. The van der Waals surface area contributed by atoms with E-state index >= 15 is 0 Å². The van der Waals surface area contributed by atoms with Crippen LogP contribution in [0, 0.1) is 0 Å². The zero-order valence-electron chi connectivity index (χ0n) is 21.5. The molecule has 1 heterocycles. The smallest absolute Gasteiger partial charge is 0.224 e. The average molecular weight is 521 g/mol. The monoisotopic (exact) mass is 520 g/mol. The van der Waals surface area contributed by atoms with Crippen molar-refractivity contribution in [3.8, 4) is 23.1 Å². The van der Waals surface area contributed by atoms with E-state index in [4.69, 9.17) is 34.2 Å². The van der Waals surface area contributed by atoms with E-state index in [1.807, 2.05) is 48.5 Å². The summed E-state index contributed by atoms with van der Waals surface area (Å²) in [6, 6.07) is 18.7. The Morgan fingerprint density at radius 3 is 2.29 bits per heavy atom. The first-order valence-corrected chi connectivity index (χ1v) is 12.2. The number of nitrogens with zero attached hydrogens (tertiary/aromatic N) is 2. The number of rotatable bonds is 15. The Bertz CT molecular complexity index is 1320. The minimum atomic E-state index is 0.381. The fourth-order valence-corrected chi connectivity index (χ4v) is 3.64. The van der Waals surface area contributed by atoms with Gasteiger partial charge in [0.05, 0.1) is 40.1 Å². The Kier molecular flexibility index (Phi) is 9.91. The van der Waals surface area contributed by atoms with Crippen LogP contribution in [0.15, 0.2) is 67.0 Å². The largest absolute Gasteiger partial charge is 0.497 e. The van der Waals surface area contributed by atoms with Crippen molar-refractivity contribution in [2.45, 2.75) is 0 Å². The standard InChI is InChI=1S/C28H32N4O6/c1-33-9-10-35-11-12-36-13-14-37-22-16-20(15-21(17-22)34-2)32-27-18-28(31-19-30-27)38-26-8-7-25(29)23-5-3-4-6-24(23)26/h3-8,15-19H,9-14,29H2,1-2H3,(H,30,31,32). The van der Waals surface area contributed by atoms with E-state index < -0.39 is 0 Å². The van der Waals surface area contributed by atoms with E-state index in [9.17, 15) is 0 Å². The first-order valence-electron chi connectivity index (χ1n) is 12.2. The van der Waals surface area contributed by atoms with Crippen molar-refractivity contribution < 1.29 is 28.4 Å². The van der Waals surface area contributed by atoms with Crippen LogP contribution in [0.25, 0.3) is 10.8 Å². The lowest BCUT2D eigenvalue weighted by Crippen LogP contribution is -2.12. The third-order valence-electron chi connectivity index (χ3n) is 5.46. The highest BCUT2D eigenvalue weighted by Crippen LogP contribution is 2.33. The molecule has 10 heteroatoms. The Balaban J connectivity index is 1.36. The van der Waals surface area contributed by atoms with Crippen LogP contribution in [-0.4, -0.2) is 63.8 Å². The number of benzene rings is 3. The maximum Gasteiger partial charge on any atom is 0.224 e. The molecule has 0 spiro atoms. The molecule has 0 fully saturated rings. The van der Waals surface area contributed by atoms with Crippen molar-refractivity contribution in [2.75, 3.05) is 64.9 Å². The van der Waals surface area contributed by atoms with Crippen LogP contribution in [0.4, 0.5) is 17.2 Å². The molecule has 4 aromatic rings. The van der Waals surface area contributed by atoms with Crippen LogP contribution in [-0.2, 0) is 14.2 Å². The van der Waals surface area contributed by atoms with Gasteiger partial charge in [0.25, 0.3) is 0 Å². The van der Waals surface area contributed by atoms with Crippen LogP contribution in [0.2, 0.25) is 0 Å². The normalized spacial score (nSPS) is 10.9. The molecule has 0 saturated carbocycles. The van der Waals surface area contributed by atoms with Crippen molar-refractivity contribution in [3.05, 3.63) is 67.0 Å². The Labute approximate surface area is 221 Å². The molecule has 38 heavy (non-hydrogen) atoms. The molecular weight excluding hydrogens is 488 g/mol. The Morgan fingerprint density at radius 1 is 0.763 bits per heavy atom. The number of hydrogen-bond donors (Lipinski definition) is 2. The molecule has 4 rings (SSSR count). The molecule has 0 aliphatic rings. The van der Waals surface area contributed by atoms with E-state index in [0.717, 1.165) is 16.5 Å². The van der Waals surface area contributed by atoms with Crippen LogP contribution < -0.4 is 25.3 Å². The van der Waals surface area contributed by atoms with Crippen molar-refractivity contribution in [3.63, 3.8) is 0 Å². The number of nitrogen functional groups attached to an aromatic ring is 1. The summed E-state index contributed by atoms with van der Waals surface area (Å²) in [4.78, 5) is 8.58. The van der Waals surface area contributed by atoms with E-state index in [0.29, 0.717) is 74.3 Å². The van der Waals surface area contributed by atoms with Crippen LogP contribution in [0.1, 0.15) is 0 Å². The molecule has 0 aliphatic carbocycles. The van der Waals surface area contributed by atoms with Crippen molar-refractivity contribution in [1.82, 2.24) is 9.97 Å². The number of hydrogen-bond acceptors (Lipinski definition) is 10. The summed E-state index contributed by atoms with van der Waals surface area (Å²) in [5.74, 6) is 2.85. The summed E-state index contributed by atoms with van der Waals surface area (Å²) in [6.45, 7) is 2.93. The molecule has 0 bridgehead atoms. The molecule has 0 amide bonds. The first kappa shape index (κ1) is 26.9. The van der Waals surface area contributed by atoms with Gasteiger partial charge in [0.15, 0.2) is 0 Å². The Hall–Kier alpha value is -4.12. The van der Waals surface area contributed by atoms with E-state index in [2.05, 4.69) is 15.3 Å². The number of methoxy groups -OCH3 is 2. The summed E-state index contributed by atoms with van der Waals surface area (Å²) in [5, 5.41) is 5.08. The maximum absolute atomic E-state index is 6.11. The highest BCUT2D eigenvalue weighted by molar-refractivity contribution is 5.97. The zero-order valence-corrected chi connectivity index (χ0v) is 21.5. The van der Waals surface area contributed by atoms with Gasteiger partial charge in [0.1, 0.15) is 36.0 Å². The molecule has 0 radical (unpaired) electrons. The minimum Gasteiger partial charge on any atom is -0.497 e. The second-order valence-corrected chi connectivity index (χ2v) is 8.13. The minimum absolute atomic E-state index is 0.381. The molecule has 0 aliphatic heterocycles. The summed E-state index contributed by atoms with van der Waals surface area (Å²) >= 11 is 0. The predicted molar refractivity (Wildman–Crippen MR) is 146 cm³/mol. The number of aromatic nitrogens is 2. The third-order valence-corrected chi connectivity index (χ3v) is 5.46. The van der Waals surface area contributed by atoms with Crippen LogP contribution in [0.5, 0.6) is 23.1 Å². The van der Waals surface area contributed by atoms with Gasteiger partial charge >= 0.3 is 0 Å². The van der Waals surface area contributed by atoms with Gasteiger partial charge in [-0.05, 0) is 12.1 Å². The number of ether oxygens (including phenoxy) is 6. The third kappa shape index (κ3) is 7.69. The SMILES string of the molecule is COCCOCCOCCOc1cc(Nc2cc(Oc3ccc(N)c4ccccc34)ncn2)cc(OC)c1. The average Bonchev–Trinajstić information content (AvgIpc) is 2.94. The summed E-state index contributed by atoms with van der Waals surface area (Å²) in [6.07, 6.45) is 1.44. The van der Waals surface area contributed by atoms with E-state index in [-0.39, 0.29) is 0 Å². The number of fused-ring (bicyclic) bond motifs is 1. The second kappa shape index (κ2) is 14.0. The van der Waals surface area contributed by atoms with Crippen molar-refractivity contribution in [1.29, 1.82) is 0 Å². The molecule has 1 aromatic heterocycles. The van der Waals surface area contributed by atoms with E-state index in [1.54, 1.807) is 26.4 Å². The molecular formula is C28H32N4O6. The lowest BCUT2D eigenvalue weighted by molar-refractivity contribution is 0.0179. The summed E-state index contributed by atoms with van der Waals surface area (Å²) in [7, 11) is 3.24. The lowest BCUT2D eigenvalue weighted by Gasteiger charge is -2.13. The van der Waals surface area contributed by atoms with Gasteiger partial charge in [0, 0.05) is 53.5 Å². The van der Waals surface area contributed by atoms with Gasteiger partial charge in [-0.1, -0.05) is 24.3 Å². The molecule has 200 valence electrons. The molecule has 3 N–H and O–H groups in total. The molecule has 0 unspecified atom stereocenters. The fraction of sp³-hybridized carbons (Fsp3) is 0.286. The molecule has 0 saturated heterocycles. The molecule has 0 atom stereocenters. The quantitative estimate of drug-likeness (QED) is 0.167. The van der Waals surface area contributed by atoms with Gasteiger partial charge in [-0.15, -0.1) is 0 Å². The van der Waals surface area contributed by atoms with E-state index in [1.165, 1.54) is 6.33 Å². The van der Waals surface area contributed by atoms with Crippen molar-refractivity contribution in [2.24, 2.45) is 0 Å². The number of nitrogens with one attached hydrogen (secondary N) is 1. The highest BCUT2D eigenvalue weighted by Gasteiger charge is 2.09. The highest BCUT2D eigenvalue weighted by atomic mass is 16.6. The first-order chi connectivity index (χ1) is 18.7. The zero-order chi connectivity index (χ0) is 26.6. The molecule has 10 nitrogen and oxygen atoms in total. The lowest BCUT2D eigenvalue weighted by atomic mass is 10.1. The molecule has 3 aromatic carbocycles. The second-order valence-electron chi connectivity index (χ2n) is 8.13. The Morgan fingerprint density at radius 2 is 1.50 bits per heavy atom. The predicted octanol–water partition coefficient (Wildman–Crippen LogP) is 4.81. The van der Waals surface area contributed by atoms with Crippen LogP contribution >= 0.6 is 0 Å².